The lowest BCUT2D eigenvalue weighted by Crippen LogP contribution is -2.26. The molecular formula is C12H16BrNO3. The molecule has 5 heteroatoms. The summed E-state index contributed by atoms with van der Waals surface area (Å²) in [5.74, 6) is -0.879. The maximum absolute atomic E-state index is 10.3. The van der Waals surface area contributed by atoms with Gasteiger partial charge in [0.25, 0.3) is 0 Å². The summed E-state index contributed by atoms with van der Waals surface area (Å²) in [5.41, 5.74) is 1.12. The summed E-state index contributed by atoms with van der Waals surface area (Å²) < 4.78 is 1.02. The largest absolute Gasteiger partial charge is 0.481 e. The maximum atomic E-state index is 10.3. The van der Waals surface area contributed by atoms with Crippen molar-refractivity contribution in [3.05, 3.63) is 34.3 Å². The maximum Gasteiger partial charge on any atom is 0.303 e. The van der Waals surface area contributed by atoms with Crippen molar-refractivity contribution < 1.29 is 15.0 Å². The summed E-state index contributed by atoms with van der Waals surface area (Å²) in [7, 11) is 0. The molecule has 0 radical (unpaired) electrons. The minimum Gasteiger partial charge on any atom is -0.481 e. The van der Waals surface area contributed by atoms with Gasteiger partial charge in [0, 0.05) is 24.0 Å². The number of benzene rings is 1. The van der Waals surface area contributed by atoms with Gasteiger partial charge in [-0.2, -0.15) is 0 Å². The summed E-state index contributed by atoms with van der Waals surface area (Å²) in [4.78, 5) is 10.3. The molecular weight excluding hydrogens is 286 g/mol. The Morgan fingerprint density at radius 1 is 1.47 bits per heavy atom. The van der Waals surface area contributed by atoms with Crippen LogP contribution in [0.15, 0.2) is 28.7 Å². The lowest BCUT2D eigenvalue weighted by molar-refractivity contribution is -0.137. The van der Waals surface area contributed by atoms with E-state index in [1.807, 2.05) is 24.3 Å². The van der Waals surface area contributed by atoms with E-state index < -0.39 is 12.1 Å². The summed E-state index contributed by atoms with van der Waals surface area (Å²) in [6.07, 6.45) is -0.334. The predicted octanol–water partition coefficient (Wildman–Crippen LogP) is 1.76. The first-order valence-corrected chi connectivity index (χ1v) is 6.22. The van der Waals surface area contributed by atoms with Crippen LogP contribution in [0.1, 0.15) is 18.4 Å². The van der Waals surface area contributed by atoms with E-state index >= 15 is 0 Å². The molecule has 1 aromatic carbocycles. The van der Waals surface area contributed by atoms with E-state index in [1.165, 1.54) is 0 Å². The van der Waals surface area contributed by atoms with Crippen LogP contribution < -0.4 is 5.32 Å². The van der Waals surface area contributed by atoms with Crippen molar-refractivity contribution >= 4 is 21.9 Å². The highest BCUT2D eigenvalue weighted by atomic mass is 79.9. The summed E-state index contributed by atoms with van der Waals surface area (Å²) in [5, 5.41) is 21.0. The minimum atomic E-state index is -0.879. The molecule has 0 saturated carbocycles. The van der Waals surface area contributed by atoms with Crippen molar-refractivity contribution in [3.63, 3.8) is 0 Å². The number of aliphatic hydroxyl groups excluding tert-OH is 1. The Kier molecular flexibility index (Phi) is 6.18. The van der Waals surface area contributed by atoms with Crippen LogP contribution in [0.4, 0.5) is 0 Å². The van der Waals surface area contributed by atoms with Crippen LogP contribution in [0.25, 0.3) is 0 Å². The third-order valence-corrected chi connectivity index (χ3v) is 2.78. The predicted molar refractivity (Wildman–Crippen MR) is 68.7 cm³/mol. The lowest BCUT2D eigenvalue weighted by atomic mass is 10.2. The fourth-order valence-electron chi connectivity index (χ4n) is 1.42. The molecule has 17 heavy (non-hydrogen) atoms. The lowest BCUT2D eigenvalue weighted by Gasteiger charge is -2.10. The number of carboxylic acid groups (broad SMARTS) is 1. The summed E-state index contributed by atoms with van der Waals surface area (Å²) in [6.45, 7) is 1.06. The number of nitrogens with one attached hydrogen (secondary N) is 1. The van der Waals surface area contributed by atoms with E-state index in [2.05, 4.69) is 21.2 Å². The van der Waals surface area contributed by atoms with E-state index in [9.17, 15) is 9.90 Å². The Hall–Kier alpha value is -0.910. The summed E-state index contributed by atoms with van der Waals surface area (Å²) in [6, 6.07) is 7.88. The molecule has 0 amide bonds. The Morgan fingerprint density at radius 3 is 2.88 bits per heavy atom. The first kappa shape index (κ1) is 14.2. The van der Waals surface area contributed by atoms with Crippen molar-refractivity contribution in [2.75, 3.05) is 6.54 Å². The molecule has 3 N–H and O–H groups in total. The highest BCUT2D eigenvalue weighted by Gasteiger charge is 2.06. The quantitative estimate of drug-likeness (QED) is 0.718. The van der Waals surface area contributed by atoms with Gasteiger partial charge in [-0.05, 0) is 24.1 Å². The topological polar surface area (TPSA) is 69.6 Å². The molecule has 0 spiro atoms. The number of hydrogen-bond donors (Lipinski definition) is 3. The van der Waals surface area contributed by atoms with E-state index in [-0.39, 0.29) is 12.8 Å². The molecule has 1 aromatic rings. The van der Waals surface area contributed by atoms with Crippen LogP contribution >= 0.6 is 15.9 Å². The molecule has 0 aliphatic carbocycles. The summed E-state index contributed by atoms with van der Waals surface area (Å²) >= 11 is 3.38. The normalized spacial score (nSPS) is 12.4. The standard InChI is InChI=1S/C12H16BrNO3/c13-10-3-1-2-9(6-10)7-14-8-11(15)4-5-12(16)17/h1-3,6,11,14-15H,4-5,7-8H2,(H,16,17). The van der Waals surface area contributed by atoms with Crippen molar-refractivity contribution in [3.8, 4) is 0 Å². The average Bonchev–Trinajstić information content (AvgIpc) is 2.26. The van der Waals surface area contributed by atoms with Crippen LogP contribution in [0.5, 0.6) is 0 Å². The van der Waals surface area contributed by atoms with Gasteiger partial charge >= 0.3 is 5.97 Å². The second kappa shape index (κ2) is 7.42. The Balaban J connectivity index is 2.21. The number of aliphatic carboxylic acids is 1. The molecule has 1 unspecified atom stereocenters. The van der Waals surface area contributed by atoms with E-state index in [0.717, 1.165) is 10.0 Å². The SMILES string of the molecule is O=C(O)CCC(O)CNCc1cccc(Br)c1. The molecule has 0 fully saturated rings. The molecule has 4 nitrogen and oxygen atoms in total. The van der Waals surface area contributed by atoms with Crippen molar-refractivity contribution in [2.24, 2.45) is 0 Å². The minimum absolute atomic E-state index is 0.000266. The fourth-order valence-corrected chi connectivity index (χ4v) is 1.87. The third kappa shape index (κ3) is 6.41. The molecule has 0 heterocycles. The number of aliphatic hydroxyl groups is 1. The number of hydrogen-bond acceptors (Lipinski definition) is 3. The Bertz CT molecular complexity index is 371. The van der Waals surface area contributed by atoms with E-state index in [4.69, 9.17) is 5.11 Å². The van der Waals surface area contributed by atoms with Crippen LogP contribution in [0.3, 0.4) is 0 Å². The molecule has 1 rings (SSSR count). The molecule has 0 saturated heterocycles. The zero-order chi connectivity index (χ0) is 12.7. The molecule has 0 aliphatic rings. The number of carboxylic acids is 1. The number of rotatable bonds is 7. The Labute approximate surface area is 109 Å². The van der Waals surface area contributed by atoms with Crippen molar-refractivity contribution in [1.29, 1.82) is 0 Å². The zero-order valence-electron chi connectivity index (χ0n) is 9.40. The second-order valence-corrected chi connectivity index (χ2v) is 4.76. The van der Waals surface area contributed by atoms with Gasteiger partial charge in [0.2, 0.25) is 0 Å². The van der Waals surface area contributed by atoms with E-state index in [1.54, 1.807) is 0 Å². The highest BCUT2D eigenvalue weighted by Crippen LogP contribution is 2.11. The van der Waals surface area contributed by atoms with Crippen LogP contribution in [0.2, 0.25) is 0 Å². The van der Waals surface area contributed by atoms with Gasteiger partial charge in [-0.1, -0.05) is 28.1 Å². The van der Waals surface area contributed by atoms with Crippen molar-refractivity contribution in [1.82, 2.24) is 5.32 Å². The monoisotopic (exact) mass is 301 g/mol. The van der Waals surface area contributed by atoms with Crippen molar-refractivity contribution in [2.45, 2.75) is 25.5 Å². The van der Waals surface area contributed by atoms with Gasteiger partial charge in [-0.15, -0.1) is 0 Å². The van der Waals surface area contributed by atoms with Gasteiger partial charge in [-0.25, -0.2) is 0 Å². The Morgan fingerprint density at radius 2 is 2.24 bits per heavy atom. The second-order valence-electron chi connectivity index (χ2n) is 3.85. The van der Waals surface area contributed by atoms with Crippen LogP contribution in [0, 0.1) is 0 Å². The molecule has 94 valence electrons. The molecule has 0 aromatic heterocycles. The first-order valence-electron chi connectivity index (χ1n) is 5.43. The molecule has 0 bridgehead atoms. The average molecular weight is 302 g/mol. The third-order valence-electron chi connectivity index (χ3n) is 2.29. The van der Waals surface area contributed by atoms with Crippen LogP contribution in [-0.4, -0.2) is 28.8 Å². The van der Waals surface area contributed by atoms with Gasteiger partial charge in [0.05, 0.1) is 6.10 Å². The van der Waals surface area contributed by atoms with E-state index in [0.29, 0.717) is 13.1 Å². The number of carbonyl (C=O) groups is 1. The highest BCUT2D eigenvalue weighted by molar-refractivity contribution is 9.10. The van der Waals surface area contributed by atoms with Gasteiger partial charge in [0.1, 0.15) is 0 Å². The first-order chi connectivity index (χ1) is 8.08. The molecule has 1 atom stereocenters. The molecule has 0 aliphatic heterocycles. The fraction of sp³-hybridized carbons (Fsp3) is 0.417. The van der Waals surface area contributed by atoms with Gasteiger partial charge in [0.15, 0.2) is 0 Å². The van der Waals surface area contributed by atoms with Gasteiger partial charge in [-0.3, -0.25) is 4.79 Å². The number of halogens is 1. The smallest absolute Gasteiger partial charge is 0.303 e. The zero-order valence-corrected chi connectivity index (χ0v) is 11.0. The van der Waals surface area contributed by atoms with Gasteiger partial charge < -0.3 is 15.5 Å². The van der Waals surface area contributed by atoms with Crippen LogP contribution in [-0.2, 0) is 11.3 Å².